The highest BCUT2D eigenvalue weighted by atomic mass is 79.9. The highest BCUT2D eigenvalue weighted by molar-refractivity contribution is 9.11. The third kappa shape index (κ3) is 11.0. The molecule has 0 bridgehead atoms. The van der Waals surface area contributed by atoms with Gasteiger partial charge in [-0.15, -0.1) is 11.8 Å². The van der Waals surface area contributed by atoms with Gasteiger partial charge < -0.3 is 29.9 Å². The Morgan fingerprint density at radius 3 is 1.77 bits per heavy atom. The van der Waals surface area contributed by atoms with Crippen LogP contribution < -0.4 is 11.2 Å². The number of ketones is 1. The molecule has 0 amide bonds. The Labute approximate surface area is 420 Å². The van der Waals surface area contributed by atoms with E-state index in [-0.39, 0.29) is 47.9 Å². The van der Waals surface area contributed by atoms with Crippen LogP contribution in [0.15, 0.2) is 103 Å². The van der Waals surface area contributed by atoms with Crippen LogP contribution in [0.1, 0.15) is 33.5 Å². The molecule has 380 valence electrons. The third-order valence-corrected chi connectivity index (χ3v) is 15.1. The molecule has 5 aliphatic rings. The van der Waals surface area contributed by atoms with Gasteiger partial charge in [0.15, 0.2) is 24.1 Å². The summed E-state index contributed by atoms with van der Waals surface area (Å²) in [4.78, 5) is 22.1. The number of hydrogen-bond acceptors (Lipinski definition) is 10. The summed E-state index contributed by atoms with van der Waals surface area (Å²) in [7, 11) is 0. The van der Waals surface area contributed by atoms with Crippen molar-refractivity contribution in [1.82, 2.24) is 5.48 Å². The molecule has 70 heavy (non-hydrogen) atoms. The fourth-order valence-electron chi connectivity index (χ4n) is 9.14. The number of hydrogen-bond donors (Lipinski definition) is 3. The van der Waals surface area contributed by atoms with Crippen LogP contribution in [0.2, 0.25) is 0 Å². The molecule has 4 N–H and O–H groups in total. The lowest BCUT2D eigenvalue weighted by Crippen LogP contribution is -2.50. The zero-order valence-corrected chi connectivity index (χ0v) is 41.2. The number of hydroxylamine groups is 1. The van der Waals surface area contributed by atoms with Crippen LogP contribution in [0.4, 0.5) is 52.7 Å². The Bertz CT molecular complexity index is 2570. The molecular formula is C45H38Br3F12N3O6S. The molecule has 4 fully saturated rings. The van der Waals surface area contributed by atoms with E-state index in [2.05, 4.69) is 58.3 Å². The summed E-state index contributed by atoms with van der Waals surface area (Å²) in [6, 6.07) is 20.6. The first-order valence-electron chi connectivity index (χ1n) is 20.7. The van der Waals surface area contributed by atoms with E-state index in [1.807, 2.05) is 0 Å². The van der Waals surface area contributed by atoms with Crippen molar-refractivity contribution in [3.8, 4) is 0 Å². The number of carbonyl (C=O) groups is 1. The van der Waals surface area contributed by atoms with E-state index in [9.17, 15) is 62.6 Å². The van der Waals surface area contributed by atoms with Gasteiger partial charge in [0.2, 0.25) is 0 Å². The van der Waals surface area contributed by atoms with Gasteiger partial charge in [0, 0.05) is 59.2 Å². The maximum atomic E-state index is 14.8. The van der Waals surface area contributed by atoms with E-state index in [0.29, 0.717) is 24.0 Å². The number of halogens is 15. The molecule has 0 aliphatic carbocycles. The van der Waals surface area contributed by atoms with Crippen molar-refractivity contribution >= 4 is 70.4 Å². The fraction of sp³-hybridized carbons (Fsp3) is 0.422. The van der Waals surface area contributed by atoms with E-state index in [4.69, 9.17) is 24.8 Å². The summed E-state index contributed by atoms with van der Waals surface area (Å²) >= 11 is 10.7. The molecule has 5 aliphatic heterocycles. The molecule has 4 aromatic carbocycles. The predicted molar refractivity (Wildman–Crippen MR) is 241 cm³/mol. The smallest absolute Gasteiger partial charge is 0.396 e. The topological polar surface area (TPSA) is 125 Å². The van der Waals surface area contributed by atoms with Crippen molar-refractivity contribution in [3.05, 3.63) is 138 Å². The Kier molecular flexibility index (Phi) is 16.4. The second-order valence-corrected chi connectivity index (χ2v) is 20.7. The van der Waals surface area contributed by atoms with Crippen molar-refractivity contribution in [1.29, 1.82) is 0 Å². The standard InChI is InChI=1S/C21H16BrF4NO2S.C12H10BrF4NO2.C12H12BrF4NO2/c22-13-6-7-16(23)14(8-13)20-11-29-19(21(24,25)26)15(20)10-30-18(27-20)9-17(28)12-4-2-1-3-5-12;13-6-1-2-9(14)7(3-6)11-5-19-10(12(15,16)17)8(11)4-20-18-11;13-6-1-2-9(14)7(3-6)11(18)5-20-10(8(11)4-19)12(15,16)17/h1-8,15,19H,9-11H2;1-3,8,10,18H,4-5H2;1-3,8,10,19H,4-5,18H2/t15-,19+,20-;2*8-,10+,11-/m111/s1. The minimum absolute atomic E-state index is 0.0248. The van der Waals surface area contributed by atoms with E-state index in [0.717, 1.165) is 17.8 Å². The van der Waals surface area contributed by atoms with Gasteiger partial charge in [-0.3, -0.25) is 9.79 Å². The van der Waals surface area contributed by atoms with Crippen molar-refractivity contribution in [2.45, 2.75) is 59.9 Å². The number of fused-ring (bicyclic) bond motifs is 2. The Morgan fingerprint density at radius 1 is 0.700 bits per heavy atom. The lowest BCUT2D eigenvalue weighted by Gasteiger charge is -2.37. The number of rotatable bonds is 7. The van der Waals surface area contributed by atoms with Crippen LogP contribution in [-0.2, 0) is 35.7 Å². The van der Waals surface area contributed by atoms with Crippen LogP contribution in [-0.4, -0.2) is 91.6 Å². The average molecular weight is 1220 g/mol. The van der Waals surface area contributed by atoms with Crippen molar-refractivity contribution in [2.24, 2.45) is 28.5 Å². The number of aliphatic hydroxyl groups is 1. The molecule has 0 unspecified atom stereocenters. The first-order chi connectivity index (χ1) is 32.7. The molecular weight excluding hydrogens is 1180 g/mol. The van der Waals surface area contributed by atoms with Crippen LogP contribution in [0.5, 0.6) is 0 Å². The first-order valence-corrected chi connectivity index (χ1v) is 24.1. The number of nitrogens with one attached hydrogen (secondary N) is 1. The van der Waals surface area contributed by atoms with Crippen LogP contribution in [0, 0.1) is 35.2 Å². The normalized spacial score (nSPS) is 29.6. The van der Waals surface area contributed by atoms with E-state index in [1.165, 1.54) is 48.5 Å². The molecule has 0 radical (unpaired) electrons. The molecule has 5 heterocycles. The molecule has 9 nitrogen and oxygen atoms in total. The molecule has 25 heteroatoms. The predicted octanol–water partition coefficient (Wildman–Crippen LogP) is 11.0. The summed E-state index contributed by atoms with van der Waals surface area (Å²) < 4.78 is 177. The molecule has 4 aromatic rings. The number of nitrogens with two attached hydrogens (primary N) is 1. The fourth-order valence-corrected chi connectivity index (χ4v) is 11.5. The number of aliphatic imine (C=N–C) groups is 1. The number of carbonyl (C=O) groups excluding carboxylic acids is 1. The number of aliphatic hydroxyl groups excluding tert-OH is 1. The minimum Gasteiger partial charge on any atom is -0.396 e. The Balaban J connectivity index is 0.000000160. The maximum absolute atomic E-state index is 14.8. The molecule has 9 atom stereocenters. The Hall–Kier alpha value is -3.11. The highest BCUT2D eigenvalue weighted by Gasteiger charge is 2.64. The first kappa shape index (κ1) is 54.7. The molecule has 0 saturated carbocycles. The summed E-state index contributed by atoms with van der Waals surface area (Å²) in [5, 5.41) is 9.64. The van der Waals surface area contributed by atoms with Gasteiger partial charge in [-0.1, -0.05) is 78.1 Å². The second kappa shape index (κ2) is 21.0. The third-order valence-electron chi connectivity index (χ3n) is 12.6. The minimum atomic E-state index is -4.67. The van der Waals surface area contributed by atoms with Gasteiger partial charge in [0.05, 0.1) is 50.0 Å². The largest absolute Gasteiger partial charge is 0.415 e. The molecule has 0 aromatic heterocycles. The summed E-state index contributed by atoms with van der Waals surface area (Å²) in [5.41, 5.74) is 4.42. The molecule has 9 rings (SSSR count). The van der Waals surface area contributed by atoms with Gasteiger partial charge in [0.25, 0.3) is 0 Å². The van der Waals surface area contributed by atoms with Gasteiger partial charge in [0.1, 0.15) is 28.5 Å². The number of thioether (sulfide) groups is 1. The van der Waals surface area contributed by atoms with Crippen molar-refractivity contribution in [2.75, 3.05) is 38.8 Å². The Morgan fingerprint density at radius 2 is 1.20 bits per heavy atom. The monoisotopic (exact) mass is 1210 g/mol. The lowest BCUT2D eigenvalue weighted by atomic mass is 9.78. The summed E-state index contributed by atoms with van der Waals surface area (Å²) in [6.45, 7) is -2.26. The molecule has 0 spiro atoms. The number of Topliss-reactive ketones (excluding diaryl/α,β-unsaturated/α-hetero) is 1. The average Bonchev–Trinajstić information content (AvgIpc) is 4.07. The molecule has 4 saturated heterocycles. The maximum Gasteiger partial charge on any atom is 0.415 e. The number of benzene rings is 4. The summed E-state index contributed by atoms with van der Waals surface area (Å²) in [5.74, 6) is -5.74. The van der Waals surface area contributed by atoms with E-state index < -0.39 is 108 Å². The van der Waals surface area contributed by atoms with E-state index in [1.54, 1.807) is 30.3 Å². The van der Waals surface area contributed by atoms with Gasteiger partial charge in [-0.25, -0.2) is 13.2 Å². The SMILES string of the molecule is Fc1ccc(Br)cc1[C@]12CO[C@H](C(F)(F)F)[C@H]1CON2.N[C@@]1(c2cc(Br)ccc2F)CO[C@H](C(F)(F)F)[C@H]1CO.O=C(CC1=N[C@@]2(c3cc(Br)ccc3F)CO[C@H](C(F)(F)F)[C@H]2CS1)c1ccccc1. The highest BCUT2D eigenvalue weighted by Crippen LogP contribution is 2.53. The van der Waals surface area contributed by atoms with Gasteiger partial charge in [-0.05, 0) is 54.6 Å². The second-order valence-electron chi connectivity index (χ2n) is 16.8. The van der Waals surface area contributed by atoms with E-state index >= 15 is 0 Å². The zero-order chi connectivity index (χ0) is 51.2. The van der Waals surface area contributed by atoms with Crippen LogP contribution in [0.3, 0.4) is 0 Å². The van der Waals surface area contributed by atoms with Gasteiger partial charge in [-0.2, -0.15) is 45.0 Å². The van der Waals surface area contributed by atoms with Crippen molar-refractivity contribution < 1.29 is 81.6 Å². The summed E-state index contributed by atoms with van der Waals surface area (Å²) in [6.07, 6.45) is -20.1. The van der Waals surface area contributed by atoms with Crippen LogP contribution >= 0.6 is 59.6 Å². The van der Waals surface area contributed by atoms with Crippen LogP contribution in [0.25, 0.3) is 0 Å². The lowest BCUT2D eigenvalue weighted by molar-refractivity contribution is -0.219. The van der Waals surface area contributed by atoms with Gasteiger partial charge >= 0.3 is 18.5 Å². The number of ether oxygens (including phenoxy) is 3. The number of alkyl halides is 9. The quantitative estimate of drug-likeness (QED) is 0.123. The number of nitrogens with zero attached hydrogens (tertiary/aromatic N) is 1. The van der Waals surface area contributed by atoms with Crippen molar-refractivity contribution in [3.63, 3.8) is 0 Å². The zero-order valence-electron chi connectivity index (χ0n) is 35.6.